The van der Waals surface area contributed by atoms with Crippen molar-refractivity contribution in [2.45, 2.75) is 0 Å². The van der Waals surface area contributed by atoms with Gasteiger partial charge in [-0.15, -0.1) is 0 Å². The van der Waals surface area contributed by atoms with Crippen LogP contribution in [0.1, 0.15) is 0 Å². The van der Waals surface area contributed by atoms with E-state index in [1.54, 1.807) is 0 Å². The summed E-state index contributed by atoms with van der Waals surface area (Å²) in [6, 6.07) is 0. The van der Waals surface area contributed by atoms with E-state index in [4.69, 9.17) is 0 Å². The standard InChI is InChI=1S/HO.Ti.2V/h1H;;;. The van der Waals surface area contributed by atoms with Crippen LogP contribution in [-0.2, 0) is 58.8 Å². The molecule has 4 heteroatoms. The third-order valence-corrected chi connectivity index (χ3v) is 0. The van der Waals surface area contributed by atoms with E-state index in [0.29, 0.717) is 0 Å². The first-order chi connectivity index (χ1) is 0. The molecule has 0 amide bonds. The minimum Gasteiger partial charge on any atom is -0.255 e. The van der Waals surface area contributed by atoms with Gasteiger partial charge in [0.05, 0.1) is 0 Å². The summed E-state index contributed by atoms with van der Waals surface area (Å²) in [5.41, 5.74) is 0. The van der Waals surface area contributed by atoms with Crippen LogP contribution in [0.3, 0.4) is 0 Å². The maximum absolute atomic E-state index is 0. The van der Waals surface area contributed by atoms with Gasteiger partial charge >= 0.3 is 0 Å². The van der Waals surface area contributed by atoms with Gasteiger partial charge in [0.15, 0.2) is 0 Å². The fraction of sp³-hybridized carbons (Fsp3) is 0. The van der Waals surface area contributed by atoms with E-state index in [9.17, 15) is 0 Å². The Hall–Kier alpha value is 1.84. The van der Waals surface area contributed by atoms with E-state index < -0.39 is 0 Å². The monoisotopic (exact) mass is 167 g/mol. The topological polar surface area (TPSA) is 30.0 Å². The molecule has 0 atom stereocenters. The van der Waals surface area contributed by atoms with Crippen LogP contribution in [-0.4, -0.2) is 5.48 Å². The molecule has 21 valence electrons. The molecule has 0 saturated heterocycles. The number of hydrogen-bond acceptors (Lipinski definition) is 0. The molecular formula is HOTiV2. The van der Waals surface area contributed by atoms with Crippen molar-refractivity contribution >= 4 is 0 Å². The Bertz CT molecular complexity index is 6.00. The van der Waals surface area contributed by atoms with Gasteiger partial charge in [0, 0.05) is 58.8 Å². The molecule has 4 heavy (non-hydrogen) atoms. The van der Waals surface area contributed by atoms with Gasteiger partial charge in [-0.25, -0.2) is 0 Å². The third kappa shape index (κ3) is 9.14. The third-order valence-electron chi connectivity index (χ3n) is 0. The molecule has 0 bridgehead atoms. The molecule has 1 N–H and O–H groups in total. The van der Waals surface area contributed by atoms with E-state index in [-0.39, 0.29) is 64.3 Å². The van der Waals surface area contributed by atoms with E-state index >= 15 is 0 Å². The second-order valence-electron chi connectivity index (χ2n) is 0. The zero-order chi connectivity index (χ0) is 0. The molecule has 0 spiro atoms. The van der Waals surface area contributed by atoms with E-state index in [1.807, 2.05) is 0 Å². The molecule has 0 unspecified atom stereocenters. The summed E-state index contributed by atoms with van der Waals surface area (Å²) in [6.45, 7) is 0. The minimum atomic E-state index is 0. The summed E-state index contributed by atoms with van der Waals surface area (Å²) in [5.74, 6) is 0. The van der Waals surface area contributed by atoms with Crippen LogP contribution in [0.5, 0.6) is 0 Å². The van der Waals surface area contributed by atoms with Gasteiger partial charge in [0.25, 0.3) is 0 Å². The van der Waals surface area contributed by atoms with Gasteiger partial charge in [0.2, 0.25) is 0 Å². The van der Waals surface area contributed by atoms with Crippen molar-refractivity contribution in [3.05, 3.63) is 0 Å². The van der Waals surface area contributed by atoms with Crippen molar-refractivity contribution in [2.24, 2.45) is 0 Å². The molecule has 0 aliphatic rings. The van der Waals surface area contributed by atoms with Crippen LogP contribution in [0.2, 0.25) is 0 Å². The minimum absolute atomic E-state index is 0. The van der Waals surface area contributed by atoms with Crippen LogP contribution >= 0.6 is 0 Å². The van der Waals surface area contributed by atoms with Crippen LogP contribution < -0.4 is 0 Å². The quantitative estimate of drug-likeness (QED) is 0.484. The molecular weight excluding hydrogens is 166 g/mol. The van der Waals surface area contributed by atoms with Crippen molar-refractivity contribution < 1.29 is 64.3 Å². The van der Waals surface area contributed by atoms with Gasteiger partial charge in [-0.3, -0.25) is 5.48 Å². The predicted octanol–water partition coefficient (Wildman–Crippen LogP) is -0.184. The first-order valence-corrected chi connectivity index (χ1v) is 0. The van der Waals surface area contributed by atoms with Crippen molar-refractivity contribution in [1.29, 1.82) is 0 Å². The van der Waals surface area contributed by atoms with E-state index in [2.05, 4.69) is 0 Å². The largest absolute Gasteiger partial charge is 0.255 e. The van der Waals surface area contributed by atoms with E-state index in [1.165, 1.54) is 0 Å². The van der Waals surface area contributed by atoms with Crippen LogP contribution in [0.15, 0.2) is 0 Å². The second kappa shape index (κ2) is 21.1. The second-order valence-corrected chi connectivity index (χ2v) is 0. The van der Waals surface area contributed by atoms with Crippen molar-refractivity contribution in [3.8, 4) is 0 Å². The molecule has 0 aromatic heterocycles. The van der Waals surface area contributed by atoms with Crippen molar-refractivity contribution in [1.82, 2.24) is 0 Å². The fourth-order valence-corrected chi connectivity index (χ4v) is 0. The maximum Gasteiger partial charge on any atom is 0 e. The Morgan fingerprint density at radius 1 is 0.750 bits per heavy atom. The van der Waals surface area contributed by atoms with E-state index in [0.717, 1.165) is 0 Å². The summed E-state index contributed by atoms with van der Waals surface area (Å²) < 4.78 is 0. The van der Waals surface area contributed by atoms with Crippen LogP contribution in [0.4, 0.5) is 0 Å². The number of rotatable bonds is 0. The zero-order valence-corrected chi connectivity index (χ0v) is 6.20. The zero-order valence-electron chi connectivity index (χ0n) is 1.84. The fourth-order valence-electron chi connectivity index (χ4n) is 0. The first kappa shape index (κ1) is 40.3. The van der Waals surface area contributed by atoms with Gasteiger partial charge in [-0.2, -0.15) is 0 Å². The molecule has 3 radical (unpaired) electrons. The van der Waals surface area contributed by atoms with Crippen molar-refractivity contribution in [2.75, 3.05) is 0 Å². The van der Waals surface area contributed by atoms with Gasteiger partial charge in [0.1, 0.15) is 0 Å². The van der Waals surface area contributed by atoms with Crippen LogP contribution in [0.25, 0.3) is 0 Å². The molecule has 0 heterocycles. The Morgan fingerprint density at radius 3 is 0.750 bits per heavy atom. The summed E-state index contributed by atoms with van der Waals surface area (Å²) in [6.07, 6.45) is 0. The molecule has 0 aromatic rings. The molecule has 1 nitrogen and oxygen atoms in total. The van der Waals surface area contributed by atoms with Gasteiger partial charge in [-0.1, -0.05) is 0 Å². The van der Waals surface area contributed by atoms with Gasteiger partial charge < -0.3 is 0 Å². The molecule has 0 aliphatic heterocycles. The molecule has 0 aromatic carbocycles. The SMILES string of the molecule is [OH].[Ti].[V].[V]. The maximum atomic E-state index is 0. The van der Waals surface area contributed by atoms with Gasteiger partial charge in [-0.05, 0) is 0 Å². The molecule has 0 saturated carbocycles. The Kier molecular flexibility index (Phi) is 212. The number of hydrogen-bond donors (Lipinski definition) is 1. The summed E-state index contributed by atoms with van der Waals surface area (Å²) in [5, 5.41) is 0. The summed E-state index contributed by atoms with van der Waals surface area (Å²) in [7, 11) is 0. The smallest absolute Gasteiger partial charge is 0 e. The van der Waals surface area contributed by atoms with Crippen LogP contribution in [0, 0.1) is 0 Å². The molecule has 0 fully saturated rings. The Morgan fingerprint density at radius 2 is 0.750 bits per heavy atom. The first-order valence-electron chi connectivity index (χ1n) is 0. The average Bonchev–Trinajstić information content (AvgIpc) is 0. The molecule has 0 aliphatic carbocycles. The molecule has 0 rings (SSSR count). The predicted molar refractivity (Wildman–Crippen MR) is 1.94 cm³/mol. The summed E-state index contributed by atoms with van der Waals surface area (Å²) >= 11 is 0. The Balaban J connectivity index is 0. The Labute approximate surface area is 63.9 Å². The van der Waals surface area contributed by atoms with Crippen molar-refractivity contribution in [3.63, 3.8) is 0 Å². The summed E-state index contributed by atoms with van der Waals surface area (Å²) in [4.78, 5) is 0. The average molecular weight is 167 g/mol. The normalized spacial score (nSPS) is 0.